The molecule has 4 nitrogen and oxygen atoms in total. The maximum absolute atomic E-state index is 9.91. The van der Waals surface area contributed by atoms with E-state index in [1.165, 1.54) is 0 Å². The van der Waals surface area contributed by atoms with Crippen molar-refractivity contribution in [2.75, 3.05) is 19.7 Å². The number of ether oxygens (including phenoxy) is 1. The molecule has 0 rings (SSSR count). The molecule has 0 aliphatic rings. The summed E-state index contributed by atoms with van der Waals surface area (Å²) in [5.41, 5.74) is -0.923. The Kier molecular flexibility index (Phi) is 7.24. The van der Waals surface area contributed by atoms with Crippen LogP contribution in [0.2, 0.25) is 0 Å². The molecule has 3 N–H and O–H groups in total. The van der Waals surface area contributed by atoms with Crippen molar-refractivity contribution in [2.24, 2.45) is 0 Å². The first-order valence-corrected chi connectivity index (χ1v) is 6.41. The molecule has 0 aromatic rings. The van der Waals surface area contributed by atoms with E-state index in [4.69, 9.17) is 4.74 Å². The van der Waals surface area contributed by atoms with Crippen LogP contribution < -0.4 is 5.32 Å². The highest BCUT2D eigenvalue weighted by Gasteiger charge is 2.19. The summed E-state index contributed by atoms with van der Waals surface area (Å²) in [5, 5.41) is 22.6. The summed E-state index contributed by atoms with van der Waals surface area (Å²) in [7, 11) is 0. The second kappa shape index (κ2) is 7.31. The van der Waals surface area contributed by atoms with Crippen LogP contribution in [0, 0.1) is 0 Å². The Bertz CT molecular complexity index is 199. The van der Waals surface area contributed by atoms with E-state index >= 15 is 0 Å². The van der Waals surface area contributed by atoms with Gasteiger partial charge >= 0.3 is 0 Å². The van der Waals surface area contributed by atoms with Crippen LogP contribution >= 0.6 is 0 Å². The van der Waals surface area contributed by atoms with Crippen molar-refractivity contribution in [3.05, 3.63) is 0 Å². The molecule has 104 valence electrons. The first kappa shape index (κ1) is 16.8. The summed E-state index contributed by atoms with van der Waals surface area (Å²) in [6, 6.07) is 0. The predicted octanol–water partition coefficient (Wildman–Crippen LogP) is 1.30. The zero-order chi connectivity index (χ0) is 13.5. The number of hydrogen-bond acceptors (Lipinski definition) is 4. The first-order valence-electron chi connectivity index (χ1n) is 6.41. The van der Waals surface area contributed by atoms with Crippen molar-refractivity contribution < 1.29 is 14.9 Å². The van der Waals surface area contributed by atoms with E-state index in [0.29, 0.717) is 19.7 Å². The SMILES string of the molecule is CCCC(C)(O)CNCC(O)COC(C)(C)C. The van der Waals surface area contributed by atoms with Crippen molar-refractivity contribution in [2.45, 2.75) is 64.8 Å². The molecule has 0 aliphatic carbocycles. The molecular formula is C13H29NO3. The normalized spacial score (nSPS) is 17.8. The summed E-state index contributed by atoms with van der Waals surface area (Å²) >= 11 is 0. The standard InChI is InChI=1S/C13H29NO3/c1-6-7-13(5,16)10-14-8-11(15)9-17-12(2,3)4/h11,14-16H,6-10H2,1-5H3. The van der Waals surface area contributed by atoms with E-state index in [9.17, 15) is 10.2 Å². The molecule has 0 aromatic carbocycles. The summed E-state index contributed by atoms with van der Waals surface area (Å²) in [4.78, 5) is 0. The van der Waals surface area contributed by atoms with Crippen LogP contribution in [0.15, 0.2) is 0 Å². The van der Waals surface area contributed by atoms with Crippen molar-refractivity contribution in [1.82, 2.24) is 5.32 Å². The zero-order valence-electron chi connectivity index (χ0n) is 11.9. The molecule has 0 spiro atoms. The van der Waals surface area contributed by atoms with E-state index < -0.39 is 11.7 Å². The van der Waals surface area contributed by atoms with Crippen LogP contribution in [0.25, 0.3) is 0 Å². The molecule has 0 aliphatic heterocycles. The zero-order valence-corrected chi connectivity index (χ0v) is 11.9. The summed E-state index contributed by atoms with van der Waals surface area (Å²) in [6.07, 6.45) is 1.17. The maximum atomic E-state index is 9.91. The Morgan fingerprint density at radius 2 is 1.82 bits per heavy atom. The van der Waals surface area contributed by atoms with Gasteiger partial charge < -0.3 is 20.3 Å². The van der Waals surface area contributed by atoms with Gasteiger partial charge in [0, 0.05) is 13.1 Å². The molecule has 2 atom stereocenters. The lowest BCUT2D eigenvalue weighted by molar-refractivity contribution is -0.0492. The molecule has 0 aromatic heterocycles. The van der Waals surface area contributed by atoms with Gasteiger partial charge in [-0.3, -0.25) is 0 Å². The van der Waals surface area contributed by atoms with Gasteiger partial charge in [0.2, 0.25) is 0 Å². The summed E-state index contributed by atoms with van der Waals surface area (Å²) in [5.74, 6) is 0. The lowest BCUT2D eigenvalue weighted by atomic mass is 10.0. The minimum Gasteiger partial charge on any atom is -0.389 e. The topological polar surface area (TPSA) is 61.7 Å². The maximum Gasteiger partial charge on any atom is 0.0897 e. The van der Waals surface area contributed by atoms with Gasteiger partial charge in [0.05, 0.1) is 23.9 Å². The largest absolute Gasteiger partial charge is 0.389 e. The number of aliphatic hydroxyl groups excluding tert-OH is 1. The minimum atomic E-state index is -0.695. The van der Waals surface area contributed by atoms with Crippen molar-refractivity contribution in [3.63, 3.8) is 0 Å². The monoisotopic (exact) mass is 247 g/mol. The second-order valence-corrected chi connectivity index (χ2v) is 5.96. The molecular weight excluding hydrogens is 218 g/mol. The molecule has 0 radical (unpaired) electrons. The van der Waals surface area contributed by atoms with E-state index in [2.05, 4.69) is 5.32 Å². The van der Waals surface area contributed by atoms with Crippen molar-refractivity contribution in [1.29, 1.82) is 0 Å². The van der Waals surface area contributed by atoms with Gasteiger partial charge in [-0.2, -0.15) is 0 Å². The highest BCUT2D eigenvalue weighted by Crippen LogP contribution is 2.10. The molecule has 0 bridgehead atoms. The average Bonchev–Trinajstić information content (AvgIpc) is 2.13. The number of nitrogens with one attached hydrogen (secondary N) is 1. The molecule has 17 heavy (non-hydrogen) atoms. The van der Waals surface area contributed by atoms with Crippen LogP contribution in [0.1, 0.15) is 47.5 Å². The van der Waals surface area contributed by atoms with Crippen molar-refractivity contribution >= 4 is 0 Å². The molecule has 0 saturated carbocycles. The van der Waals surface area contributed by atoms with Crippen LogP contribution in [0.5, 0.6) is 0 Å². The Hall–Kier alpha value is -0.160. The Morgan fingerprint density at radius 1 is 1.24 bits per heavy atom. The van der Waals surface area contributed by atoms with E-state index in [1.807, 2.05) is 34.6 Å². The van der Waals surface area contributed by atoms with Crippen LogP contribution in [-0.2, 0) is 4.74 Å². The predicted molar refractivity (Wildman–Crippen MR) is 70.1 cm³/mol. The highest BCUT2D eigenvalue weighted by atomic mass is 16.5. The highest BCUT2D eigenvalue weighted by molar-refractivity contribution is 4.75. The molecule has 4 heteroatoms. The van der Waals surface area contributed by atoms with Gasteiger partial charge in [0.1, 0.15) is 0 Å². The first-order chi connectivity index (χ1) is 7.66. The third-order valence-electron chi connectivity index (χ3n) is 2.38. The lowest BCUT2D eigenvalue weighted by Gasteiger charge is -2.25. The van der Waals surface area contributed by atoms with Gasteiger partial charge in [-0.15, -0.1) is 0 Å². The molecule has 0 saturated heterocycles. The lowest BCUT2D eigenvalue weighted by Crippen LogP contribution is -2.42. The Balaban J connectivity index is 3.67. The van der Waals surface area contributed by atoms with Gasteiger partial charge in [0.15, 0.2) is 0 Å². The molecule has 2 unspecified atom stereocenters. The molecule has 0 amide bonds. The van der Waals surface area contributed by atoms with Gasteiger partial charge in [-0.05, 0) is 34.1 Å². The summed E-state index contributed by atoms with van der Waals surface area (Å²) < 4.78 is 5.47. The van der Waals surface area contributed by atoms with Gasteiger partial charge in [-0.1, -0.05) is 13.3 Å². The molecule has 0 fully saturated rings. The quantitative estimate of drug-likeness (QED) is 0.605. The third-order valence-corrected chi connectivity index (χ3v) is 2.38. The van der Waals surface area contributed by atoms with E-state index in [-0.39, 0.29) is 5.60 Å². The minimum absolute atomic E-state index is 0.227. The molecule has 0 heterocycles. The number of hydrogen-bond donors (Lipinski definition) is 3. The van der Waals surface area contributed by atoms with E-state index in [0.717, 1.165) is 12.8 Å². The third kappa shape index (κ3) is 10.7. The Labute approximate surface area is 105 Å². The number of rotatable bonds is 8. The smallest absolute Gasteiger partial charge is 0.0897 e. The fourth-order valence-electron chi connectivity index (χ4n) is 1.54. The fraction of sp³-hybridized carbons (Fsp3) is 1.00. The second-order valence-electron chi connectivity index (χ2n) is 5.96. The Morgan fingerprint density at radius 3 is 2.29 bits per heavy atom. The van der Waals surface area contributed by atoms with Crippen LogP contribution in [-0.4, -0.2) is 47.2 Å². The summed E-state index contributed by atoms with van der Waals surface area (Å²) in [6.45, 7) is 11.0. The van der Waals surface area contributed by atoms with Crippen LogP contribution in [0.3, 0.4) is 0 Å². The van der Waals surface area contributed by atoms with Crippen LogP contribution in [0.4, 0.5) is 0 Å². The van der Waals surface area contributed by atoms with Crippen molar-refractivity contribution in [3.8, 4) is 0 Å². The fourth-order valence-corrected chi connectivity index (χ4v) is 1.54. The van der Waals surface area contributed by atoms with Gasteiger partial charge in [0.25, 0.3) is 0 Å². The average molecular weight is 247 g/mol. The van der Waals surface area contributed by atoms with E-state index in [1.54, 1.807) is 0 Å². The van der Waals surface area contributed by atoms with Gasteiger partial charge in [-0.25, -0.2) is 0 Å². The number of aliphatic hydroxyl groups is 2.